The minimum absolute atomic E-state index is 0.00658. The zero-order valence-electron chi connectivity index (χ0n) is 15.1. The topological polar surface area (TPSA) is 85.3 Å². The standard InChI is InChI=1S/C20H25N5O/c1-25-19(13-6-3-2-4-7-13)17(12-22-25)14-8-5-9-15-16(10-14)18(11-21)23-24-20(15)26/h2-4,6-7,12,14-16H,5,8-11,21H2,1H3,(H,24,26). The van der Waals surface area contributed by atoms with Crippen LogP contribution in [0.1, 0.15) is 37.2 Å². The van der Waals surface area contributed by atoms with E-state index in [0.717, 1.165) is 31.4 Å². The first kappa shape index (κ1) is 17.0. The van der Waals surface area contributed by atoms with Crippen molar-refractivity contribution in [1.82, 2.24) is 15.2 Å². The molecule has 2 heterocycles. The molecule has 6 heteroatoms. The molecule has 0 spiro atoms. The molecule has 26 heavy (non-hydrogen) atoms. The predicted octanol–water partition coefficient (Wildman–Crippen LogP) is 2.42. The van der Waals surface area contributed by atoms with Gasteiger partial charge in [-0.3, -0.25) is 9.48 Å². The summed E-state index contributed by atoms with van der Waals surface area (Å²) in [6, 6.07) is 10.4. The first-order chi connectivity index (χ1) is 12.7. The lowest BCUT2D eigenvalue weighted by atomic mass is 9.79. The van der Waals surface area contributed by atoms with E-state index < -0.39 is 0 Å². The van der Waals surface area contributed by atoms with Gasteiger partial charge in [-0.25, -0.2) is 5.43 Å². The number of carbonyl (C=O) groups is 1. The average Bonchev–Trinajstić information content (AvgIpc) is 2.90. The van der Waals surface area contributed by atoms with E-state index in [4.69, 9.17) is 5.73 Å². The Bertz CT molecular complexity index is 826. The number of nitrogens with two attached hydrogens (primary N) is 1. The van der Waals surface area contributed by atoms with Gasteiger partial charge in [0.05, 0.1) is 17.6 Å². The van der Waals surface area contributed by atoms with Crippen LogP contribution in [-0.2, 0) is 11.8 Å². The van der Waals surface area contributed by atoms with Gasteiger partial charge in [0.25, 0.3) is 0 Å². The summed E-state index contributed by atoms with van der Waals surface area (Å²) in [5.41, 5.74) is 13.1. The number of rotatable bonds is 3. The van der Waals surface area contributed by atoms with Crippen molar-refractivity contribution < 1.29 is 4.79 Å². The number of hydrogen-bond acceptors (Lipinski definition) is 4. The number of nitrogens with one attached hydrogen (secondary N) is 1. The smallest absolute Gasteiger partial charge is 0.243 e. The molecule has 0 bridgehead atoms. The Balaban J connectivity index is 1.70. The molecule has 1 aliphatic carbocycles. The van der Waals surface area contributed by atoms with Crippen molar-refractivity contribution in [2.45, 2.75) is 31.6 Å². The van der Waals surface area contributed by atoms with Gasteiger partial charge in [-0.15, -0.1) is 0 Å². The fraction of sp³-hybridized carbons (Fsp3) is 0.450. The number of aromatic nitrogens is 2. The van der Waals surface area contributed by atoms with Crippen molar-refractivity contribution in [2.75, 3.05) is 6.54 Å². The van der Waals surface area contributed by atoms with Crippen LogP contribution in [0.5, 0.6) is 0 Å². The Labute approximate surface area is 153 Å². The molecule has 1 aliphatic heterocycles. The SMILES string of the molecule is Cn1ncc(C2CCCC3C(=O)NN=C(CN)C3C2)c1-c1ccccc1. The molecule has 3 N–H and O–H groups in total. The van der Waals surface area contributed by atoms with Crippen LogP contribution in [0.15, 0.2) is 41.6 Å². The summed E-state index contributed by atoms with van der Waals surface area (Å²) in [6.45, 7) is 0.396. The van der Waals surface area contributed by atoms with Crippen LogP contribution in [0.3, 0.4) is 0 Å². The maximum Gasteiger partial charge on any atom is 0.243 e. The number of benzene rings is 1. The summed E-state index contributed by atoms with van der Waals surface area (Å²) < 4.78 is 1.96. The zero-order valence-corrected chi connectivity index (χ0v) is 15.1. The van der Waals surface area contributed by atoms with Crippen molar-refractivity contribution in [3.63, 3.8) is 0 Å². The second-order valence-corrected chi connectivity index (χ2v) is 7.30. The van der Waals surface area contributed by atoms with Gasteiger partial charge in [0.1, 0.15) is 0 Å². The van der Waals surface area contributed by atoms with E-state index >= 15 is 0 Å². The summed E-state index contributed by atoms with van der Waals surface area (Å²) in [4.78, 5) is 12.3. The molecule has 0 saturated heterocycles. The maximum absolute atomic E-state index is 12.3. The molecule has 6 nitrogen and oxygen atoms in total. The van der Waals surface area contributed by atoms with Gasteiger partial charge >= 0.3 is 0 Å². The predicted molar refractivity (Wildman–Crippen MR) is 101 cm³/mol. The fourth-order valence-electron chi connectivity index (χ4n) is 4.53. The van der Waals surface area contributed by atoms with Crippen molar-refractivity contribution in [2.24, 2.45) is 29.7 Å². The van der Waals surface area contributed by atoms with Crippen molar-refractivity contribution in [3.8, 4) is 11.3 Å². The third-order valence-corrected chi connectivity index (χ3v) is 5.83. The molecular formula is C20H25N5O. The molecule has 2 aliphatic rings. The number of fused-ring (bicyclic) bond motifs is 1. The third kappa shape index (κ3) is 2.94. The second-order valence-electron chi connectivity index (χ2n) is 7.30. The van der Waals surface area contributed by atoms with Crippen LogP contribution in [0, 0.1) is 11.8 Å². The minimum Gasteiger partial charge on any atom is -0.325 e. The van der Waals surface area contributed by atoms with E-state index in [-0.39, 0.29) is 17.7 Å². The molecule has 1 amide bonds. The Kier molecular flexibility index (Phi) is 4.59. The van der Waals surface area contributed by atoms with Crippen LogP contribution < -0.4 is 11.2 Å². The Hall–Kier alpha value is -2.47. The first-order valence-electron chi connectivity index (χ1n) is 9.32. The van der Waals surface area contributed by atoms with Crippen LogP contribution in [-0.4, -0.2) is 27.9 Å². The molecule has 1 saturated carbocycles. The van der Waals surface area contributed by atoms with Crippen LogP contribution in [0.25, 0.3) is 11.3 Å². The highest BCUT2D eigenvalue weighted by Gasteiger charge is 2.39. The van der Waals surface area contributed by atoms with Gasteiger partial charge in [-0.1, -0.05) is 36.8 Å². The van der Waals surface area contributed by atoms with Crippen molar-refractivity contribution >= 4 is 11.6 Å². The maximum atomic E-state index is 12.3. The molecule has 1 aromatic carbocycles. The lowest BCUT2D eigenvalue weighted by Crippen LogP contribution is -2.44. The molecule has 3 atom stereocenters. The number of amides is 1. The number of aryl methyl sites for hydroxylation is 1. The summed E-state index contributed by atoms with van der Waals surface area (Å²) in [5.74, 6) is 0.525. The quantitative estimate of drug-likeness (QED) is 0.890. The molecule has 0 radical (unpaired) electrons. The monoisotopic (exact) mass is 351 g/mol. The fourth-order valence-corrected chi connectivity index (χ4v) is 4.53. The average molecular weight is 351 g/mol. The highest BCUT2D eigenvalue weighted by Crippen LogP contribution is 2.42. The van der Waals surface area contributed by atoms with Crippen molar-refractivity contribution in [1.29, 1.82) is 0 Å². The van der Waals surface area contributed by atoms with E-state index in [9.17, 15) is 4.79 Å². The Morgan fingerprint density at radius 3 is 2.81 bits per heavy atom. The lowest BCUT2D eigenvalue weighted by molar-refractivity contribution is -0.126. The van der Waals surface area contributed by atoms with Crippen LogP contribution >= 0.6 is 0 Å². The van der Waals surface area contributed by atoms with E-state index in [0.29, 0.717) is 12.5 Å². The number of hydrogen-bond donors (Lipinski definition) is 2. The van der Waals surface area contributed by atoms with Gasteiger partial charge < -0.3 is 5.73 Å². The summed E-state index contributed by atoms with van der Waals surface area (Å²) >= 11 is 0. The normalized spacial score (nSPS) is 25.8. The number of carbonyl (C=O) groups excluding carboxylic acids is 1. The van der Waals surface area contributed by atoms with Crippen LogP contribution in [0.4, 0.5) is 0 Å². The summed E-state index contributed by atoms with van der Waals surface area (Å²) in [5, 5.41) is 8.78. The molecule has 136 valence electrons. The molecule has 4 rings (SSSR count). The van der Waals surface area contributed by atoms with E-state index in [1.54, 1.807) is 0 Å². The molecular weight excluding hydrogens is 326 g/mol. The van der Waals surface area contributed by atoms with E-state index in [1.807, 2.05) is 24.0 Å². The zero-order chi connectivity index (χ0) is 18.1. The van der Waals surface area contributed by atoms with Crippen LogP contribution in [0.2, 0.25) is 0 Å². The number of nitrogens with zero attached hydrogens (tertiary/aromatic N) is 3. The largest absolute Gasteiger partial charge is 0.325 e. The molecule has 3 unspecified atom stereocenters. The van der Waals surface area contributed by atoms with Gasteiger partial charge in [0, 0.05) is 36.6 Å². The van der Waals surface area contributed by atoms with Gasteiger partial charge in [0.2, 0.25) is 5.91 Å². The van der Waals surface area contributed by atoms with E-state index in [2.05, 4.69) is 39.9 Å². The highest BCUT2D eigenvalue weighted by atomic mass is 16.2. The first-order valence-corrected chi connectivity index (χ1v) is 9.32. The molecule has 1 fully saturated rings. The number of hydrazone groups is 1. The van der Waals surface area contributed by atoms with Gasteiger partial charge in [0.15, 0.2) is 0 Å². The molecule has 1 aromatic heterocycles. The van der Waals surface area contributed by atoms with Gasteiger partial charge in [-0.2, -0.15) is 10.2 Å². The molecule has 2 aromatic rings. The second kappa shape index (κ2) is 7.03. The Morgan fingerprint density at radius 2 is 2.04 bits per heavy atom. The van der Waals surface area contributed by atoms with Gasteiger partial charge in [-0.05, 0) is 25.2 Å². The Morgan fingerprint density at radius 1 is 1.23 bits per heavy atom. The van der Waals surface area contributed by atoms with Crippen molar-refractivity contribution in [3.05, 3.63) is 42.1 Å². The highest BCUT2D eigenvalue weighted by molar-refractivity contribution is 5.97. The van der Waals surface area contributed by atoms with E-state index in [1.165, 1.54) is 16.8 Å². The minimum atomic E-state index is -0.00658. The summed E-state index contributed by atoms with van der Waals surface area (Å²) in [7, 11) is 1.99. The summed E-state index contributed by atoms with van der Waals surface area (Å²) in [6.07, 6.45) is 5.88. The lowest BCUT2D eigenvalue weighted by Gasteiger charge is -2.30. The third-order valence-electron chi connectivity index (χ3n) is 5.83.